The molecule has 0 aliphatic rings. The first-order chi connectivity index (χ1) is 8.31. The first-order valence-corrected chi connectivity index (χ1v) is 6.58. The lowest BCUT2D eigenvalue weighted by Gasteiger charge is -2.17. The summed E-state index contributed by atoms with van der Waals surface area (Å²) in [6, 6.07) is 0.531. The third-order valence-corrected chi connectivity index (χ3v) is 2.93. The average Bonchev–Trinajstić information content (AvgIpc) is 2.76. The van der Waals surface area contributed by atoms with Crippen molar-refractivity contribution in [3.05, 3.63) is 12.4 Å². The molecular formula is C13H25N3O. The molecule has 17 heavy (non-hydrogen) atoms. The second-order valence-corrected chi connectivity index (χ2v) is 4.33. The molecule has 1 unspecified atom stereocenters. The predicted octanol–water partition coefficient (Wildman–Crippen LogP) is 2.91. The molecule has 0 amide bonds. The molecule has 98 valence electrons. The van der Waals surface area contributed by atoms with Crippen LogP contribution in [0.5, 0.6) is 0 Å². The molecule has 0 aliphatic carbocycles. The van der Waals surface area contributed by atoms with E-state index >= 15 is 0 Å². The highest BCUT2D eigenvalue weighted by atomic mass is 16.5. The van der Waals surface area contributed by atoms with Crippen molar-refractivity contribution in [1.29, 1.82) is 0 Å². The average molecular weight is 239 g/mol. The van der Waals surface area contributed by atoms with Gasteiger partial charge in [0.15, 0.2) is 0 Å². The molecule has 1 N–H and O–H groups in total. The highest BCUT2D eigenvalue weighted by Crippen LogP contribution is 2.11. The topological polar surface area (TPSA) is 39.1 Å². The third kappa shape index (κ3) is 4.77. The standard InChI is InChI=1S/C13H25N3O/c1-4-7-12(5-2)15-13-14-8-10-16(13)9-6-11-17-3/h8,10,12H,4-7,9,11H2,1-3H3,(H,14,15). The summed E-state index contributed by atoms with van der Waals surface area (Å²) in [5.41, 5.74) is 0. The molecule has 4 heteroatoms. The van der Waals surface area contributed by atoms with Crippen molar-refractivity contribution in [3.63, 3.8) is 0 Å². The van der Waals surface area contributed by atoms with Gasteiger partial charge in [-0.1, -0.05) is 20.3 Å². The number of ether oxygens (including phenoxy) is 1. The molecule has 0 saturated heterocycles. The van der Waals surface area contributed by atoms with Crippen LogP contribution in [0.4, 0.5) is 5.95 Å². The Kier molecular flexibility index (Phi) is 6.70. The molecule has 4 nitrogen and oxygen atoms in total. The lowest BCUT2D eigenvalue weighted by atomic mass is 10.1. The van der Waals surface area contributed by atoms with Gasteiger partial charge >= 0.3 is 0 Å². The van der Waals surface area contributed by atoms with Crippen molar-refractivity contribution in [2.24, 2.45) is 0 Å². The third-order valence-electron chi connectivity index (χ3n) is 2.93. The summed E-state index contributed by atoms with van der Waals surface area (Å²) >= 11 is 0. The van der Waals surface area contributed by atoms with Crippen molar-refractivity contribution in [2.75, 3.05) is 19.0 Å². The number of nitrogens with one attached hydrogen (secondary N) is 1. The summed E-state index contributed by atoms with van der Waals surface area (Å²) in [6.45, 7) is 6.18. The molecule has 0 aliphatic heterocycles. The first-order valence-electron chi connectivity index (χ1n) is 6.58. The van der Waals surface area contributed by atoms with Crippen LogP contribution in [0.3, 0.4) is 0 Å². The molecule has 1 atom stereocenters. The van der Waals surface area contributed by atoms with Gasteiger partial charge in [-0.3, -0.25) is 0 Å². The summed E-state index contributed by atoms with van der Waals surface area (Å²) < 4.78 is 7.23. The van der Waals surface area contributed by atoms with Crippen molar-refractivity contribution < 1.29 is 4.74 Å². The van der Waals surface area contributed by atoms with E-state index in [-0.39, 0.29) is 0 Å². The Morgan fingerprint density at radius 2 is 2.29 bits per heavy atom. The minimum Gasteiger partial charge on any atom is -0.385 e. The fourth-order valence-electron chi connectivity index (χ4n) is 1.92. The SMILES string of the molecule is CCCC(CC)Nc1nccn1CCCOC. The molecular weight excluding hydrogens is 214 g/mol. The number of imidazole rings is 1. The Morgan fingerprint density at radius 1 is 1.47 bits per heavy atom. The van der Waals surface area contributed by atoms with Gasteiger partial charge < -0.3 is 14.6 Å². The van der Waals surface area contributed by atoms with E-state index in [4.69, 9.17) is 4.74 Å². The maximum Gasteiger partial charge on any atom is 0.202 e. The Morgan fingerprint density at radius 3 is 2.94 bits per heavy atom. The van der Waals surface area contributed by atoms with E-state index in [9.17, 15) is 0 Å². The van der Waals surface area contributed by atoms with E-state index in [1.165, 1.54) is 12.8 Å². The fraction of sp³-hybridized carbons (Fsp3) is 0.769. The van der Waals surface area contributed by atoms with E-state index in [0.29, 0.717) is 6.04 Å². The second-order valence-electron chi connectivity index (χ2n) is 4.33. The molecule has 0 fully saturated rings. The number of methoxy groups -OCH3 is 1. The molecule has 0 bridgehead atoms. The normalized spacial score (nSPS) is 12.6. The number of aromatic nitrogens is 2. The number of rotatable bonds is 9. The van der Waals surface area contributed by atoms with Gasteiger partial charge in [-0.05, 0) is 19.3 Å². The molecule has 0 aromatic carbocycles. The van der Waals surface area contributed by atoms with E-state index in [1.54, 1.807) is 7.11 Å². The number of anilines is 1. The Labute approximate surface area is 104 Å². The second kappa shape index (κ2) is 8.12. The van der Waals surface area contributed by atoms with Crippen molar-refractivity contribution >= 4 is 5.95 Å². The van der Waals surface area contributed by atoms with Gasteiger partial charge in [0.05, 0.1) is 0 Å². The first kappa shape index (κ1) is 14.0. The van der Waals surface area contributed by atoms with Crippen LogP contribution in [0, 0.1) is 0 Å². The molecule has 1 rings (SSSR count). The number of nitrogens with zero attached hydrogens (tertiary/aromatic N) is 2. The maximum atomic E-state index is 5.07. The van der Waals surface area contributed by atoms with Crippen molar-refractivity contribution in [3.8, 4) is 0 Å². The maximum absolute atomic E-state index is 5.07. The summed E-state index contributed by atoms with van der Waals surface area (Å²) in [6.07, 6.45) is 8.44. The van der Waals surface area contributed by atoms with Crippen LogP contribution in [-0.4, -0.2) is 29.3 Å². The largest absolute Gasteiger partial charge is 0.385 e. The molecule has 0 radical (unpaired) electrons. The van der Waals surface area contributed by atoms with Gasteiger partial charge in [0.25, 0.3) is 0 Å². The van der Waals surface area contributed by atoms with Gasteiger partial charge in [0, 0.05) is 38.7 Å². The van der Waals surface area contributed by atoms with Crippen molar-refractivity contribution in [2.45, 2.75) is 52.1 Å². The molecule has 0 spiro atoms. The van der Waals surface area contributed by atoms with E-state index in [2.05, 4.69) is 28.7 Å². The number of aryl methyl sites for hydroxylation is 1. The monoisotopic (exact) mass is 239 g/mol. The van der Waals surface area contributed by atoms with E-state index in [0.717, 1.165) is 31.9 Å². The lowest BCUT2D eigenvalue weighted by molar-refractivity contribution is 0.190. The highest BCUT2D eigenvalue weighted by Gasteiger charge is 2.08. The van der Waals surface area contributed by atoms with Crippen LogP contribution in [0.2, 0.25) is 0 Å². The quantitative estimate of drug-likeness (QED) is 0.673. The summed E-state index contributed by atoms with van der Waals surface area (Å²) in [7, 11) is 1.74. The zero-order chi connectivity index (χ0) is 12.5. The van der Waals surface area contributed by atoms with Crippen molar-refractivity contribution in [1.82, 2.24) is 9.55 Å². The molecule has 0 saturated carbocycles. The lowest BCUT2D eigenvalue weighted by Crippen LogP contribution is -2.21. The van der Waals surface area contributed by atoms with Crippen LogP contribution < -0.4 is 5.32 Å². The van der Waals surface area contributed by atoms with Gasteiger partial charge in [-0.15, -0.1) is 0 Å². The van der Waals surface area contributed by atoms with E-state index in [1.807, 2.05) is 12.4 Å². The van der Waals surface area contributed by atoms with Crippen LogP contribution in [0.25, 0.3) is 0 Å². The number of hydrogen-bond acceptors (Lipinski definition) is 3. The fourth-order valence-corrected chi connectivity index (χ4v) is 1.92. The molecule has 1 aromatic rings. The molecule has 1 aromatic heterocycles. The number of hydrogen-bond donors (Lipinski definition) is 1. The zero-order valence-electron chi connectivity index (χ0n) is 11.3. The van der Waals surface area contributed by atoms with Gasteiger partial charge in [0.2, 0.25) is 5.95 Å². The Bertz CT molecular complexity index is 299. The van der Waals surface area contributed by atoms with Gasteiger partial charge in [0.1, 0.15) is 0 Å². The Hall–Kier alpha value is -1.03. The predicted molar refractivity (Wildman–Crippen MR) is 71.3 cm³/mol. The van der Waals surface area contributed by atoms with Crippen LogP contribution >= 0.6 is 0 Å². The summed E-state index contributed by atoms with van der Waals surface area (Å²) in [4.78, 5) is 4.38. The minimum absolute atomic E-state index is 0.531. The molecule has 1 heterocycles. The van der Waals surface area contributed by atoms with Crippen LogP contribution in [-0.2, 0) is 11.3 Å². The van der Waals surface area contributed by atoms with Crippen LogP contribution in [0.1, 0.15) is 39.5 Å². The summed E-state index contributed by atoms with van der Waals surface area (Å²) in [5, 5.41) is 3.52. The zero-order valence-corrected chi connectivity index (χ0v) is 11.3. The van der Waals surface area contributed by atoms with E-state index < -0.39 is 0 Å². The van der Waals surface area contributed by atoms with Crippen LogP contribution in [0.15, 0.2) is 12.4 Å². The minimum atomic E-state index is 0.531. The highest BCUT2D eigenvalue weighted by molar-refractivity contribution is 5.27. The summed E-state index contributed by atoms with van der Waals surface area (Å²) in [5.74, 6) is 0.987. The van der Waals surface area contributed by atoms with Gasteiger partial charge in [-0.25, -0.2) is 4.98 Å². The Balaban J connectivity index is 2.49. The smallest absolute Gasteiger partial charge is 0.202 e. The van der Waals surface area contributed by atoms with Gasteiger partial charge in [-0.2, -0.15) is 0 Å².